The van der Waals surface area contributed by atoms with Crippen molar-refractivity contribution in [1.82, 2.24) is 15.2 Å². The molecule has 0 radical (unpaired) electrons. The number of H-pyrrole nitrogens is 1. The summed E-state index contributed by atoms with van der Waals surface area (Å²) >= 11 is 0. The van der Waals surface area contributed by atoms with Gasteiger partial charge in [-0.3, -0.25) is 9.89 Å². The molecule has 26 heavy (non-hydrogen) atoms. The summed E-state index contributed by atoms with van der Waals surface area (Å²) in [6.45, 7) is 0. The molecule has 3 aromatic rings. The number of rotatable bonds is 6. The minimum Gasteiger partial charge on any atom is -0.373 e. The van der Waals surface area contributed by atoms with Gasteiger partial charge in [-0.1, -0.05) is 12.1 Å². The number of amides is 1. The minimum absolute atomic E-state index is 0.305. The van der Waals surface area contributed by atoms with E-state index in [4.69, 9.17) is 5.73 Å². The van der Waals surface area contributed by atoms with Crippen LogP contribution in [-0.4, -0.2) is 34.2 Å². The van der Waals surface area contributed by atoms with Gasteiger partial charge in [-0.25, -0.2) is 9.37 Å². The van der Waals surface area contributed by atoms with E-state index in [-0.39, 0.29) is 11.7 Å². The van der Waals surface area contributed by atoms with E-state index in [1.165, 1.54) is 12.1 Å². The van der Waals surface area contributed by atoms with Crippen molar-refractivity contribution in [3.63, 3.8) is 0 Å². The van der Waals surface area contributed by atoms with Gasteiger partial charge in [-0.15, -0.1) is 0 Å². The summed E-state index contributed by atoms with van der Waals surface area (Å²) in [7, 11) is 1.78. The lowest BCUT2D eigenvalue weighted by atomic mass is 10.1. The monoisotopic (exact) mass is 354 g/mol. The number of nitrogens with one attached hydrogen (secondary N) is 3. The van der Waals surface area contributed by atoms with Crippen molar-refractivity contribution < 1.29 is 9.18 Å². The molecule has 5 N–H and O–H groups in total. The third-order valence-corrected chi connectivity index (χ3v) is 3.86. The number of pyridine rings is 1. The summed E-state index contributed by atoms with van der Waals surface area (Å²) in [5, 5.41) is 12.6. The number of carbonyl (C=O) groups excluding carboxylic acids is 1. The van der Waals surface area contributed by atoms with Crippen LogP contribution in [0.4, 0.5) is 16.0 Å². The summed E-state index contributed by atoms with van der Waals surface area (Å²) in [4.78, 5) is 16.4. The van der Waals surface area contributed by atoms with Crippen molar-refractivity contribution in [3.05, 3.63) is 60.0 Å². The zero-order valence-electron chi connectivity index (χ0n) is 14.2. The van der Waals surface area contributed by atoms with E-state index in [9.17, 15) is 9.18 Å². The summed E-state index contributed by atoms with van der Waals surface area (Å²) in [6.07, 6.45) is 1.98. The normalized spacial score (nSPS) is 11.8. The number of benzene rings is 1. The zero-order valence-corrected chi connectivity index (χ0v) is 14.2. The van der Waals surface area contributed by atoms with E-state index >= 15 is 0 Å². The SMILES string of the molecule is CNc1cc(-c2cc(NC(=O)[C@@H](N)Cc3ccc(F)cc3)n[nH]2)ccn1. The van der Waals surface area contributed by atoms with Crippen LogP contribution in [0.1, 0.15) is 5.56 Å². The molecule has 2 heterocycles. The number of halogens is 1. The average molecular weight is 354 g/mol. The molecular formula is C18H19FN6O. The molecule has 1 atom stereocenters. The van der Waals surface area contributed by atoms with Crippen molar-refractivity contribution in [1.29, 1.82) is 0 Å². The molecule has 0 fully saturated rings. The van der Waals surface area contributed by atoms with Crippen LogP contribution in [0.3, 0.4) is 0 Å². The van der Waals surface area contributed by atoms with Crippen molar-refractivity contribution in [2.24, 2.45) is 5.73 Å². The molecule has 134 valence electrons. The molecule has 0 aliphatic carbocycles. The topological polar surface area (TPSA) is 109 Å². The third kappa shape index (κ3) is 4.22. The Kier molecular flexibility index (Phi) is 5.23. The second-order valence-corrected chi connectivity index (χ2v) is 5.77. The molecule has 0 bridgehead atoms. The van der Waals surface area contributed by atoms with Crippen molar-refractivity contribution in [3.8, 4) is 11.3 Å². The quantitative estimate of drug-likeness (QED) is 0.542. The fraction of sp³-hybridized carbons (Fsp3) is 0.167. The van der Waals surface area contributed by atoms with E-state index < -0.39 is 6.04 Å². The second kappa shape index (κ2) is 7.75. The Balaban J connectivity index is 1.64. The second-order valence-electron chi connectivity index (χ2n) is 5.77. The van der Waals surface area contributed by atoms with Crippen molar-refractivity contribution in [2.45, 2.75) is 12.5 Å². The molecule has 0 saturated heterocycles. The number of anilines is 2. The number of nitrogens with zero attached hydrogens (tertiary/aromatic N) is 2. The highest BCUT2D eigenvalue weighted by atomic mass is 19.1. The lowest BCUT2D eigenvalue weighted by Crippen LogP contribution is -2.37. The van der Waals surface area contributed by atoms with Gasteiger partial charge >= 0.3 is 0 Å². The lowest BCUT2D eigenvalue weighted by molar-refractivity contribution is -0.117. The summed E-state index contributed by atoms with van der Waals surface area (Å²) < 4.78 is 12.9. The van der Waals surface area contributed by atoms with Crippen LogP contribution in [0.15, 0.2) is 48.7 Å². The number of hydrogen-bond acceptors (Lipinski definition) is 5. The molecule has 1 aromatic carbocycles. The Bertz CT molecular complexity index is 893. The van der Waals surface area contributed by atoms with Crippen LogP contribution >= 0.6 is 0 Å². The van der Waals surface area contributed by atoms with E-state index in [1.807, 2.05) is 12.1 Å². The molecule has 1 amide bonds. The first-order chi connectivity index (χ1) is 12.5. The summed E-state index contributed by atoms with van der Waals surface area (Å²) in [5.74, 6) is 0.415. The van der Waals surface area contributed by atoms with Crippen LogP contribution in [0.25, 0.3) is 11.3 Å². The molecule has 0 saturated carbocycles. The van der Waals surface area contributed by atoms with E-state index in [2.05, 4.69) is 25.8 Å². The number of nitrogens with two attached hydrogens (primary N) is 1. The maximum atomic E-state index is 12.9. The summed E-state index contributed by atoms with van der Waals surface area (Å²) in [6, 6.07) is 10.5. The Morgan fingerprint density at radius 3 is 2.73 bits per heavy atom. The zero-order chi connectivity index (χ0) is 18.5. The van der Waals surface area contributed by atoms with Crippen LogP contribution < -0.4 is 16.4 Å². The fourth-order valence-corrected chi connectivity index (χ4v) is 2.45. The Labute approximate surface area is 149 Å². The van der Waals surface area contributed by atoms with Gasteiger partial charge < -0.3 is 16.4 Å². The van der Waals surface area contributed by atoms with Crippen LogP contribution in [-0.2, 0) is 11.2 Å². The van der Waals surface area contributed by atoms with Crippen LogP contribution in [0.5, 0.6) is 0 Å². The average Bonchev–Trinajstić information content (AvgIpc) is 3.12. The molecule has 0 aliphatic heterocycles. The van der Waals surface area contributed by atoms with Gasteiger partial charge in [0.05, 0.1) is 11.7 Å². The van der Waals surface area contributed by atoms with Crippen LogP contribution in [0, 0.1) is 5.82 Å². The molecule has 0 spiro atoms. The van der Waals surface area contributed by atoms with Gasteiger partial charge in [0, 0.05) is 24.9 Å². The number of carbonyl (C=O) groups is 1. The first-order valence-electron chi connectivity index (χ1n) is 8.05. The Hall–Kier alpha value is -3.26. The molecule has 7 nitrogen and oxygen atoms in total. The van der Waals surface area contributed by atoms with Gasteiger partial charge in [0.1, 0.15) is 11.6 Å². The standard InChI is InChI=1S/C18H19FN6O/c1-21-16-9-12(6-7-22-16)15-10-17(25-24-15)23-18(26)14(20)8-11-2-4-13(19)5-3-11/h2-7,9-10,14H,8,20H2,1H3,(H,21,22)(H2,23,24,25,26)/t14-/m0/s1. The maximum Gasteiger partial charge on any atom is 0.242 e. The predicted molar refractivity (Wildman–Crippen MR) is 98.1 cm³/mol. The van der Waals surface area contributed by atoms with Gasteiger partial charge in [-0.05, 0) is 36.2 Å². The molecule has 8 heteroatoms. The number of aromatic nitrogens is 3. The van der Waals surface area contributed by atoms with E-state index in [0.717, 1.165) is 22.6 Å². The van der Waals surface area contributed by atoms with E-state index in [1.54, 1.807) is 31.4 Å². The molecule has 0 unspecified atom stereocenters. The minimum atomic E-state index is -0.766. The lowest BCUT2D eigenvalue weighted by Gasteiger charge is -2.10. The van der Waals surface area contributed by atoms with Crippen molar-refractivity contribution >= 4 is 17.5 Å². The Morgan fingerprint density at radius 2 is 2.00 bits per heavy atom. The first-order valence-corrected chi connectivity index (χ1v) is 8.05. The first kappa shape index (κ1) is 17.6. The number of aromatic amines is 1. The van der Waals surface area contributed by atoms with Gasteiger partial charge in [0.25, 0.3) is 0 Å². The highest BCUT2D eigenvalue weighted by molar-refractivity contribution is 5.94. The number of hydrogen-bond donors (Lipinski definition) is 4. The highest BCUT2D eigenvalue weighted by Gasteiger charge is 2.16. The van der Waals surface area contributed by atoms with E-state index in [0.29, 0.717) is 12.2 Å². The van der Waals surface area contributed by atoms with Gasteiger partial charge in [0.15, 0.2) is 5.82 Å². The smallest absolute Gasteiger partial charge is 0.242 e. The molecular weight excluding hydrogens is 335 g/mol. The highest BCUT2D eigenvalue weighted by Crippen LogP contribution is 2.21. The van der Waals surface area contributed by atoms with Gasteiger partial charge in [-0.2, -0.15) is 5.10 Å². The maximum absolute atomic E-state index is 12.9. The van der Waals surface area contributed by atoms with Crippen LogP contribution in [0.2, 0.25) is 0 Å². The predicted octanol–water partition coefficient (Wildman–Crippen LogP) is 2.16. The fourth-order valence-electron chi connectivity index (χ4n) is 2.45. The molecule has 3 rings (SSSR count). The third-order valence-electron chi connectivity index (χ3n) is 3.86. The Morgan fingerprint density at radius 1 is 1.23 bits per heavy atom. The largest absolute Gasteiger partial charge is 0.373 e. The summed E-state index contributed by atoms with van der Waals surface area (Å²) in [5.41, 5.74) is 8.34. The molecule has 2 aromatic heterocycles. The van der Waals surface area contributed by atoms with Crippen molar-refractivity contribution in [2.75, 3.05) is 17.7 Å². The molecule has 0 aliphatic rings. The van der Waals surface area contributed by atoms with Gasteiger partial charge in [0.2, 0.25) is 5.91 Å².